The molecule has 0 fully saturated rings. The molecule has 1 aromatic carbocycles. The fourth-order valence-electron chi connectivity index (χ4n) is 2.56. The highest BCUT2D eigenvalue weighted by atomic mass is 19.1. The molecule has 21 heavy (non-hydrogen) atoms. The number of hydrogen-bond acceptors (Lipinski definition) is 2. The van der Waals surface area contributed by atoms with Gasteiger partial charge in [0, 0.05) is 25.1 Å². The molecule has 3 nitrogen and oxygen atoms in total. The number of rotatable bonds is 6. The fraction of sp³-hybridized carbons (Fsp3) is 0.588. The van der Waals surface area contributed by atoms with E-state index < -0.39 is 0 Å². The van der Waals surface area contributed by atoms with Crippen LogP contribution in [0.3, 0.4) is 0 Å². The topological polar surface area (TPSA) is 55.1 Å². The summed E-state index contributed by atoms with van der Waals surface area (Å²) >= 11 is 0. The maximum absolute atomic E-state index is 13.8. The van der Waals surface area contributed by atoms with E-state index in [2.05, 4.69) is 33.0 Å². The summed E-state index contributed by atoms with van der Waals surface area (Å²) in [5.41, 5.74) is 6.91. The Balaban J connectivity index is 2.46. The van der Waals surface area contributed by atoms with Crippen molar-refractivity contribution in [2.24, 2.45) is 17.1 Å². The molecule has 1 rings (SSSR count). The van der Waals surface area contributed by atoms with Crippen molar-refractivity contribution in [1.29, 1.82) is 0 Å². The lowest BCUT2D eigenvalue weighted by molar-refractivity contribution is -0.122. The van der Waals surface area contributed by atoms with Crippen LogP contribution >= 0.6 is 0 Å². The van der Waals surface area contributed by atoms with Crippen LogP contribution in [-0.4, -0.2) is 5.91 Å². The monoisotopic (exact) mass is 294 g/mol. The summed E-state index contributed by atoms with van der Waals surface area (Å²) in [4.78, 5) is 11.9. The molecule has 0 heterocycles. The molecule has 1 unspecified atom stereocenters. The van der Waals surface area contributed by atoms with E-state index in [1.165, 1.54) is 6.07 Å². The second kappa shape index (κ2) is 7.55. The second-order valence-corrected chi connectivity index (χ2v) is 6.98. The Hall–Kier alpha value is -1.42. The van der Waals surface area contributed by atoms with Crippen LogP contribution in [0.25, 0.3) is 0 Å². The van der Waals surface area contributed by atoms with E-state index >= 15 is 0 Å². The zero-order valence-electron chi connectivity index (χ0n) is 13.5. The second-order valence-electron chi connectivity index (χ2n) is 6.98. The minimum Gasteiger partial charge on any atom is -0.352 e. The Bertz CT molecular complexity index is 480. The highest BCUT2D eigenvalue weighted by molar-refractivity contribution is 5.76. The Morgan fingerprint density at radius 1 is 1.38 bits per heavy atom. The minimum absolute atomic E-state index is 0.0333. The quantitative estimate of drug-likeness (QED) is 0.845. The van der Waals surface area contributed by atoms with Crippen molar-refractivity contribution in [3.8, 4) is 0 Å². The van der Waals surface area contributed by atoms with Crippen LogP contribution in [0.4, 0.5) is 4.39 Å². The molecule has 3 N–H and O–H groups in total. The number of nitrogens with two attached hydrogens (primary N) is 1. The summed E-state index contributed by atoms with van der Waals surface area (Å²) in [6, 6.07) is 4.88. The molecule has 0 aliphatic rings. The standard InChI is InChI=1S/C17H27FN2O/c1-12(9-17(2,3)4)7-16(21)20-11-14-6-5-13(10-19)8-15(14)18/h5-6,8,12H,7,9-11,19H2,1-4H3,(H,20,21). The van der Waals surface area contributed by atoms with Gasteiger partial charge in [-0.1, -0.05) is 39.8 Å². The van der Waals surface area contributed by atoms with Crippen molar-refractivity contribution in [2.45, 2.75) is 53.6 Å². The van der Waals surface area contributed by atoms with E-state index in [0.29, 0.717) is 24.4 Å². The van der Waals surface area contributed by atoms with Gasteiger partial charge < -0.3 is 11.1 Å². The minimum atomic E-state index is -0.319. The molecule has 118 valence electrons. The number of nitrogens with one attached hydrogen (secondary N) is 1. The zero-order chi connectivity index (χ0) is 16.0. The SMILES string of the molecule is CC(CC(=O)NCc1ccc(CN)cc1F)CC(C)(C)C. The van der Waals surface area contributed by atoms with Crippen LogP contribution in [0, 0.1) is 17.2 Å². The van der Waals surface area contributed by atoms with Gasteiger partial charge in [0.1, 0.15) is 5.82 Å². The summed E-state index contributed by atoms with van der Waals surface area (Å²) in [5.74, 6) is -0.0375. The van der Waals surface area contributed by atoms with Crippen molar-refractivity contribution < 1.29 is 9.18 Å². The van der Waals surface area contributed by atoms with Crippen molar-refractivity contribution in [3.63, 3.8) is 0 Å². The van der Waals surface area contributed by atoms with E-state index in [4.69, 9.17) is 5.73 Å². The Morgan fingerprint density at radius 3 is 2.57 bits per heavy atom. The van der Waals surface area contributed by atoms with Crippen molar-refractivity contribution >= 4 is 5.91 Å². The van der Waals surface area contributed by atoms with E-state index in [0.717, 1.165) is 12.0 Å². The molecule has 0 saturated carbocycles. The number of amides is 1. The molecule has 0 aliphatic carbocycles. The smallest absolute Gasteiger partial charge is 0.220 e. The van der Waals surface area contributed by atoms with Crippen LogP contribution in [0.2, 0.25) is 0 Å². The fourth-order valence-corrected chi connectivity index (χ4v) is 2.56. The van der Waals surface area contributed by atoms with E-state index in [-0.39, 0.29) is 23.7 Å². The molecule has 0 bridgehead atoms. The average Bonchev–Trinajstić information content (AvgIpc) is 2.34. The van der Waals surface area contributed by atoms with Gasteiger partial charge in [0.15, 0.2) is 0 Å². The highest BCUT2D eigenvalue weighted by Crippen LogP contribution is 2.25. The number of benzene rings is 1. The molecular formula is C17H27FN2O. The lowest BCUT2D eigenvalue weighted by Crippen LogP contribution is -2.26. The van der Waals surface area contributed by atoms with Gasteiger partial charge >= 0.3 is 0 Å². The van der Waals surface area contributed by atoms with Gasteiger partial charge in [-0.15, -0.1) is 0 Å². The van der Waals surface area contributed by atoms with Crippen LogP contribution < -0.4 is 11.1 Å². The zero-order valence-corrected chi connectivity index (χ0v) is 13.5. The first kappa shape index (κ1) is 17.6. The molecule has 0 radical (unpaired) electrons. The van der Waals surface area contributed by atoms with Gasteiger partial charge in [-0.2, -0.15) is 0 Å². The third kappa shape index (κ3) is 6.71. The third-order valence-corrected chi connectivity index (χ3v) is 3.32. The lowest BCUT2D eigenvalue weighted by atomic mass is 9.84. The van der Waals surface area contributed by atoms with Crippen molar-refractivity contribution in [1.82, 2.24) is 5.32 Å². The molecule has 1 amide bonds. The number of hydrogen-bond donors (Lipinski definition) is 2. The Morgan fingerprint density at radius 2 is 2.05 bits per heavy atom. The Labute approximate surface area is 127 Å². The largest absolute Gasteiger partial charge is 0.352 e. The molecular weight excluding hydrogens is 267 g/mol. The average molecular weight is 294 g/mol. The van der Waals surface area contributed by atoms with Gasteiger partial charge in [-0.25, -0.2) is 4.39 Å². The predicted molar refractivity (Wildman–Crippen MR) is 84.0 cm³/mol. The third-order valence-electron chi connectivity index (χ3n) is 3.32. The number of halogens is 1. The summed E-state index contributed by atoms with van der Waals surface area (Å²) in [6.45, 7) is 9.09. The molecule has 0 spiro atoms. The van der Waals surface area contributed by atoms with E-state index in [9.17, 15) is 9.18 Å². The normalized spacial score (nSPS) is 13.0. The van der Waals surface area contributed by atoms with Crippen molar-refractivity contribution in [2.75, 3.05) is 0 Å². The van der Waals surface area contributed by atoms with Gasteiger partial charge in [0.05, 0.1) is 0 Å². The Kier molecular flexibility index (Phi) is 6.34. The van der Waals surface area contributed by atoms with Gasteiger partial charge in [0.25, 0.3) is 0 Å². The molecule has 1 atom stereocenters. The summed E-state index contributed by atoms with van der Waals surface area (Å²) in [6.07, 6.45) is 1.46. The first-order chi connectivity index (χ1) is 9.71. The van der Waals surface area contributed by atoms with Crippen LogP contribution in [0.5, 0.6) is 0 Å². The van der Waals surface area contributed by atoms with E-state index in [1.54, 1.807) is 12.1 Å². The molecule has 0 aromatic heterocycles. The predicted octanol–water partition coefficient (Wildman–Crippen LogP) is 3.36. The van der Waals surface area contributed by atoms with Gasteiger partial charge in [-0.3, -0.25) is 4.79 Å². The summed E-state index contributed by atoms with van der Waals surface area (Å²) < 4.78 is 13.8. The van der Waals surface area contributed by atoms with Crippen LogP contribution in [0.15, 0.2) is 18.2 Å². The van der Waals surface area contributed by atoms with Crippen LogP contribution in [0.1, 0.15) is 51.7 Å². The molecule has 4 heteroatoms. The molecule has 1 aromatic rings. The molecule has 0 aliphatic heterocycles. The number of carbonyl (C=O) groups excluding carboxylic acids is 1. The van der Waals surface area contributed by atoms with Crippen LogP contribution in [-0.2, 0) is 17.9 Å². The van der Waals surface area contributed by atoms with Gasteiger partial charge in [-0.05, 0) is 29.4 Å². The first-order valence-corrected chi connectivity index (χ1v) is 7.45. The maximum Gasteiger partial charge on any atom is 0.220 e. The maximum atomic E-state index is 13.8. The number of carbonyl (C=O) groups is 1. The highest BCUT2D eigenvalue weighted by Gasteiger charge is 2.17. The lowest BCUT2D eigenvalue weighted by Gasteiger charge is -2.22. The molecule has 0 saturated heterocycles. The first-order valence-electron chi connectivity index (χ1n) is 7.45. The summed E-state index contributed by atoms with van der Waals surface area (Å²) in [7, 11) is 0. The van der Waals surface area contributed by atoms with Gasteiger partial charge in [0.2, 0.25) is 5.91 Å². The summed E-state index contributed by atoms with van der Waals surface area (Å²) in [5, 5.41) is 2.78. The van der Waals surface area contributed by atoms with E-state index in [1.807, 2.05) is 0 Å². The van der Waals surface area contributed by atoms with Crippen molar-refractivity contribution in [3.05, 3.63) is 35.1 Å².